The van der Waals surface area contributed by atoms with E-state index in [1.807, 2.05) is 6.08 Å². The Morgan fingerprint density at radius 2 is 2.07 bits per heavy atom. The summed E-state index contributed by atoms with van der Waals surface area (Å²) in [5, 5.41) is 11.9. The molecule has 0 radical (unpaired) electrons. The van der Waals surface area contributed by atoms with Crippen LogP contribution in [0.3, 0.4) is 0 Å². The van der Waals surface area contributed by atoms with Gasteiger partial charge in [0.1, 0.15) is 0 Å². The number of nitro groups is 1. The second kappa shape index (κ2) is 5.68. The van der Waals surface area contributed by atoms with Crippen LogP contribution >= 0.6 is 0 Å². The Hall–Kier alpha value is -2.16. The fourth-order valence-electron chi connectivity index (χ4n) is 6.05. The highest BCUT2D eigenvalue weighted by atomic mass is 16.7. The van der Waals surface area contributed by atoms with Crippen LogP contribution in [-0.2, 0) is 21.3 Å². The number of rotatable bonds is 4. The lowest BCUT2D eigenvalue weighted by Crippen LogP contribution is -2.68. The molecule has 1 fully saturated rings. The molecule has 0 amide bonds. The Morgan fingerprint density at radius 3 is 2.71 bits per heavy atom. The molecule has 5 rings (SSSR count). The highest BCUT2D eigenvalue weighted by Gasteiger charge is 2.69. The van der Waals surface area contributed by atoms with E-state index in [2.05, 4.69) is 18.0 Å². The first-order chi connectivity index (χ1) is 13.4. The van der Waals surface area contributed by atoms with Gasteiger partial charge in [-0.25, -0.2) is 0 Å². The summed E-state index contributed by atoms with van der Waals surface area (Å²) in [6.07, 6.45) is 5.09. The van der Waals surface area contributed by atoms with Crippen LogP contribution in [0.2, 0.25) is 0 Å². The Kier molecular flexibility index (Phi) is 3.63. The van der Waals surface area contributed by atoms with Crippen molar-refractivity contribution in [2.24, 2.45) is 5.92 Å². The van der Waals surface area contributed by atoms with Crippen LogP contribution in [0.15, 0.2) is 18.2 Å². The molecule has 8 nitrogen and oxygen atoms in total. The maximum Gasteiger partial charge on any atom is 0.276 e. The first-order valence-corrected chi connectivity index (χ1v) is 9.48. The van der Waals surface area contributed by atoms with Gasteiger partial charge in [0.25, 0.3) is 5.69 Å². The highest BCUT2D eigenvalue weighted by molar-refractivity contribution is 5.68. The van der Waals surface area contributed by atoms with Crippen molar-refractivity contribution in [1.29, 1.82) is 0 Å². The molecule has 2 heterocycles. The summed E-state index contributed by atoms with van der Waals surface area (Å²) in [7, 11) is 6.81. The van der Waals surface area contributed by atoms with E-state index in [1.165, 1.54) is 13.2 Å². The van der Waals surface area contributed by atoms with Crippen molar-refractivity contribution < 1.29 is 23.9 Å². The van der Waals surface area contributed by atoms with Crippen molar-refractivity contribution in [2.45, 2.75) is 36.2 Å². The third-order valence-electron chi connectivity index (χ3n) is 7.32. The van der Waals surface area contributed by atoms with Crippen LogP contribution in [0, 0.1) is 16.0 Å². The van der Waals surface area contributed by atoms with Gasteiger partial charge in [-0.3, -0.25) is 10.1 Å². The normalized spacial score (nSPS) is 33.9. The minimum atomic E-state index is -1.05. The lowest BCUT2D eigenvalue weighted by Gasteiger charge is -2.58. The number of nitrogens with zero attached hydrogens (tertiary/aromatic N) is 2. The number of likely N-dealkylation sites (tertiary alicyclic amines) is 1. The number of hydrogen-bond acceptors (Lipinski definition) is 7. The molecule has 0 saturated carbocycles. The maximum absolute atomic E-state index is 11.9. The van der Waals surface area contributed by atoms with Gasteiger partial charge in [0.15, 0.2) is 17.6 Å². The fraction of sp³-hybridized carbons (Fsp3) is 0.600. The second-order valence-corrected chi connectivity index (χ2v) is 8.09. The van der Waals surface area contributed by atoms with Gasteiger partial charge in [-0.15, -0.1) is 0 Å². The van der Waals surface area contributed by atoms with E-state index in [0.717, 1.165) is 24.1 Å². The van der Waals surface area contributed by atoms with Gasteiger partial charge in [0.2, 0.25) is 5.79 Å². The number of piperidine rings is 1. The van der Waals surface area contributed by atoms with E-state index in [4.69, 9.17) is 18.9 Å². The first-order valence-electron chi connectivity index (χ1n) is 9.48. The summed E-state index contributed by atoms with van der Waals surface area (Å²) in [4.78, 5) is 13.9. The largest absolute Gasteiger partial charge is 0.493 e. The molecule has 8 heteroatoms. The summed E-state index contributed by atoms with van der Waals surface area (Å²) < 4.78 is 23.7. The number of ether oxygens (including phenoxy) is 4. The molecule has 1 saturated heterocycles. The number of methoxy groups -OCH3 is 3. The Morgan fingerprint density at radius 1 is 1.32 bits per heavy atom. The summed E-state index contributed by atoms with van der Waals surface area (Å²) in [6.45, 7) is 0.877. The van der Waals surface area contributed by atoms with Crippen molar-refractivity contribution in [3.63, 3.8) is 0 Å². The quantitative estimate of drug-likeness (QED) is 0.338. The molecule has 1 aromatic carbocycles. The lowest BCUT2D eigenvalue weighted by molar-refractivity contribution is -0.385. The fourth-order valence-corrected chi connectivity index (χ4v) is 6.05. The zero-order valence-electron chi connectivity index (χ0n) is 16.4. The average Bonchev–Trinajstić information content (AvgIpc) is 3.05. The topological polar surface area (TPSA) is 83.3 Å². The van der Waals surface area contributed by atoms with E-state index in [1.54, 1.807) is 14.2 Å². The molecular weight excluding hydrogens is 364 g/mol. The molecule has 2 aliphatic carbocycles. The second-order valence-electron chi connectivity index (χ2n) is 8.09. The molecule has 4 atom stereocenters. The van der Waals surface area contributed by atoms with E-state index in [-0.39, 0.29) is 22.6 Å². The molecule has 0 N–H and O–H groups in total. The van der Waals surface area contributed by atoms with Gasteiger partial charge in [-0.2, -0.15) is 0 Å². The van der Waals surface area contributed by atoms with Crippen LogP contribution in [0.5, 0.6) is 11.5 Å². The van der Waals surface area contributed by atoms with E-state index >= 15 is 0 Å². The van der Waals surface area contributed by atoms with E-state index < -0.39 is 17.3 Å². The summed E-state index contributed by atoms with van der Waals surface area (Å²) in [6, 6.07) is 1.65. The molecule has 2 bridgehead atoms. The van der Waals surface area contributed by atoms with E-state index in [9.17, 15) is 10.1 Å². The van der Waals surface area contributed by atoms with Gasteiger partial charge in [-0.05, 0) is 32.5 Å². The number of nitro benzene ring substituents is 1. The Bertz CT molecular complexity index is 895. The molecule has 0 aromatic heterocycles. The lowest BCUT2D eigenvalue weighted by atomic mass is 9.52. The first kappa shape index (κ1) is 17.9. The standard InChI is InChI=1S/C20H24N2O6/c1-21-8-7-19-12-5-6-20(26-3,27-4)18(19)28-17-15(25-2)10-13(22(23)24)11(16(17)19)9-14(12)21/h5-6,10,12,14,18H,7-9H2,1-4H3/t12-,14+,18+,19-/m0/s1. The van der Waals surface area contributed by atoms with Gasteiger partial charge < -0.3 is 23.8 Å². The van der Waals surface area contributed by atoms with Crippen LogP contribution < -0.4 is 9.47 Å². The smallest absolute Gasteiger partial charge is 0.276 e. The SMILES string of the molecule is COc1cc([N+](=O)[O-])c2c3c1O[C@H]1C(OC)(OC)C=C[C@H]4[C@@H](C2)N(C)CC[C@@]341. The molecule has 1 aromatic rings. The van der Waals surface area contributed by atoms with Crippen molar-refractivity contribution in [3.05, 3.63) is 39.5 Å². The van der Waals surface area contributed by atoms with Crippen LogP contribution in [-0.4, -0.2) is 62.7 Å². The number of benzene rings is 1. The molecule has 0 unspecified atom stereocenters. The van der Waals surface area contributed by atoms with Crippen LogP contribution in [0.1, 0.15) is 17.5 Å². The highest BCUT2D eigenvalue weighted by Crippen LogP contribution is 2.65. The molecule has 4 aliphatic rings. The molecule has 150 valence electrons. The minimum absolute atomic E-state index is 0.105. The maximum atomic E-state index is 11.9. The summed E-state index contributed by atoms with van der Waals surface area (Å²) in [5.41, 5.74) is 1.33. The minimum Gasteiger partial charge on any atom is -0.493 e. The number of hydrogen-bond donors (Lipinski definition) is 0. The average molecular weight is 388 g/mol. The van der Waals surface area contributed by atoms with E-state index in [0.29, 0.717) is 17.9 Å². The predicted octanol–water partition coefficient (Wildman–Crippen LogP) is 2.04. The van der Waals surface area contributed by atoms with Crippen LogP contribution in [0.4, 0.5) is 5.69 Å². The molecule has 2 aliphatic heterocycles. The Balaban J connectivity index is 1.86. The summed E-state index contributed by atoms with van der Waals surface area (Å²) >= 11 is 0. The van der Waals surface area contributed by atoms with Gasteiger partial charge in [0.05, 0.1) is 23.5 Å². The van der Waals surface area contributed by atoms with Crippen molar-refractivity contribution in [2.75, 3.05) is 34.9 Å². The number of likely N-dealkylation sites (N-methyl/N-ethyl adjacent to an activating group) is 1. The molecular formula is C20H24N2O6. The Labute approximate surface area is 163 Å². The van der Waals surface area contributed by atoms with Gasteiger partial charge >= 0.3 is 0 Å². The zero-order chi connectivity index (χ0) is 19.8. The van der Waals surface area contributed by atoms with Crippen LogP contribution in [0.25, 0.3) is 0 Å². The molecule has 28 heavy (non-hydrogen) atoms. The van der Waals surface area contributed by atoms with Crippen molar-refractivity contribution in [1.82, 2.24) is 4.90 Å². The van der Waals surface area contributed by atoms with Crippen molar-refractivity contribution in [3.8, 4) is 11.5 Å². The third kappa shape index (κ3) is 1.86. The molecule has 1 spiro atoms. The monoisotopic (exact) mass is 388 g/mol. The third-order valence-corrected chi connectivity index (χ3v) is 7.32. The van der Waals surface area contributed by atoms with Gasteiger partial charge in [0, 0.05) is 37.3 Å². The zero-order valence-corrected chi connectivity index (χ0v) is 16.4. The van der Waals surface area contributed by atoms with Crippen molar-refractivity contribution >= 4 is 5.69 Å². The summed E-state index contributed by atoms with van der Waals surface area (Å²) in [5.74, 6) is 0.106. The van der Waals surface area contributed by atoms with Gasteiger partial charge in [-0.1, -0.05) is 6.08 Å². The predicted molar refractivity (Wildman–Crippen MR) is 99.9 cm³/mol.